The monoisotopic (exact) mass is 298 g/mol. The van der Waals surface area contributed by atoms with Crippen molar-refractivity contribution in [3.8, 4) is 0 Å². The van der Waals surface area contributed by atoms with E-state index < -0.39 is 0 Å². The maximum absolute atomic E-state index is 12.2. The zero-order chi connectivity index (χ0) is 15.2. The lowest BCUT2D eigenvalue weighted by Gasteiger charge is -2.20. The molecule has 2 amide bonds. The van der Waals surface area contributed by atoms with E-state index in [1.54, 1.807) is 6.33 Å². The molecular formula is C17H22N4O. The Bertz CT molecular complexity index is 586. The maximum atomic E-state index is 12.2. The van der Waals surface area contributed by atoms with Crippen molar-refractivity contribution in [2.45, 2.75) is 25.7 Å². The molecule has 1 aliphatic heterocycles. The molecule has 0 saturated heterocycles. The van der Waals surface area contributed by atoms with Crippen LogP contribution in [0.3, 0.4) is 0 Å². The van der Waals surface area contributed by atoms with Crippen molar-refractivity contribution < 1.29 is 4.79 Å². The number of hydrogen-bond acceptors (Lipinski definition) is 2. The van der Waals surface area contributed by atoms with Gasteiger partial charge in [0.15, 0.2) is 0 Å². The van der Waals surface area contributed by atoms with Crippen LogP contribution < -0.4 is 5.32 Å². The summed E-state index contributed by atoms with van der Waals surface area (Å²) in [7, 11) is 0. The second-order valence-electron chi connectivity index (χ2n) is 5.64. The molecule has 1 aromatic heterocycles. The molecule has 1 aromatic carbocycles. The maximum Gasteiger partial charge on any atom is 0.317 e. The normalized spacial score (nSPS) is 14.3. The molecule has 116 valence electrons. The van der Waals surface area contributed by atoms with Gasteiger partial charge in [0.05, 0.1) is 12.0 Å². The van der Waals surface area contributed by atoms with Crippen LogP contribution >= 0.6 is 0 Å². The summed E-state index contributed by atoms with van der Waals surface area (Å²) < 4.78 is 0. The van der Waals surface area contributed by atoms with E-state index in [9.17, 15) is 4.79 Å². The third-order valence-corrected chi connectivity index (χ3v) is 4.11. The van der Waals surface area contributed by atoms with Crippen LogP contribution in [0.1, 0.15) is 23.4 Å². The second kappa shape index (κ2) is 7.11. The number of nitrogens with one attached hydrogen (secondary N) is 2. The van der Waals surface area contributed by atoms with Crippen LogP contribution in [0.5, 0.6) is 0 Å². The van der Waals surface area contributed by atoms with E-state index in [2.05, 4.69) is 27.4 Å². The van der Waals surface area contributed by atoms with Crippen molar-refractivity contribution >= 4 is 6.03 Å². The summed E-state index contributed by atoms with van der Waals surface area (Å²) in [6.45, 7) is 2.20. The van der Waals surface area contributed by atoms with Crippen LogP contribution in [0, 0.1) is 0 Å². The molecule has 5 nitrogen and oxygen atoms in total. The molecule has 0 radical (unpaired) electrons. The van der Waals surface area contributed by atoms with E-state index in [1.807, 2.05) is 23.1 Å². The highest BCUT2D eigenvalue weighted by molar-refractivity contribution is 5.74. The first-order chi connectivity index (χ1) is 10.8. The lowest BCUT2D eigenvalue weighted by Crippen LogP contribution is -2.41. The number of carbonyl (C=O) groups excluding carboxylic acids is 1. The number of carbonyl (C=O) groups is 1. The number of rotatable bonds is 4. The van der Waals surface area contributed by atoms with Gasteiger partial charge in [-0.15, -0.1) is 0 Å². The molecule has 2 aromatic rings. The van der Waals surface area contributed by atoms with Crippen molar-refractivity contribution in [3.63, 3.8) is 0 Å². The Labute approximate surface area is 130 Å². The lowest BCUT2D eigenvalue weighted by molar-refractivity contribution is 0.200. The number of H-pyrrole nitrogens is 1. The smallest absolute Gasteiger partial charge is 0.317 e. The second-order valence-corrected chi connectivity index (χ2v) is 5.64. The Kier molecular flexibility index (Phi) is 4.73. The number of urea groups is 1. The summed E-state index contributed by atoms with van der Waals surface area (Å²) in [5.74, 6) is 0. The summed E-state index contributed by atoms with van der Waals surface area (Å²) in [6.07, 6.45) is 5.38. The Morgan fingerprint density at radius 3 is 2.91 bits per heavy atom. The number of hydrogen-bond donors (Lipinski definition) is 2. The van der Waals surface area contributed by atoms with Crippen molar-refractivity contribution in [2.24, 2.45) is 0 Å². The minimum atomic E-state index is 0.0400. The third kappa shape index (κ3) is 3.67. The van der Waals surface area contributed by atoms with Crippen molar-refractivity contribution in [1.29, 1.82) is 0 Å². The van der Waals surface area contributed by atoms with E-state index in [0.717, 1.165) is 44.5 Å². The quantitative estimate of drug-likeness (QED) is 0.850. The number of nitrogens with zero attached hydrogens (tertiary/aromatic N) is 2. The first-order valence-electron chi connectivity index (χ1n) is 7.91. The zero-order valence-electron chi connectivity index (χ0n) is 12.7. The molecular weight excluding hydrogens is 276 g/mol. The largest absolute Gasteiger partial charge is 0.348 e. The lowest BCUT2D eigenvalue weighted by atomic mass is 10.1. The molecule has 0 aliphatic carbocycles. The number of aromatic amines is 1. The van der Waals surface area contributed by atoms with Crippen LogP contribution in [0.2, 0.25) is 0 Å². The van der Waals surface area contributed by atoms with Crippen molar-refractivity contribution in [1.82, 2.24) is 20.2 Å². The van der Waals surface area contributed by atoms with E-state index in [0.29, 0.717) is 6.54 Å². The fourth-order valence-electron chi connectivity index (χ4n) is 2.83. The van der Waals surface area contributed by atoms with Gasteiger partial charge in [-0.05, 0) is 18.4 Å². The highest BCUT2D eigenvalue weighted by Crippen LogP contribution is 2.11. The third-order valence-electron chi connectivity index (χ3n) is 4.11. The Balaban J connectivity index is 1.40. The van der Waals surface area contributed by atoms with Gasteiger partial charge < -0.3 is 15.2 Å². The summed E-state index contributed by atoms with van der Waals surface area (Å²) in [5.41, 5.74) is 3.58. The molecule has 0 saturated carbocycles. The minimum absolute atomic E-state index is 0.0400. The molecule has 0 spiro atoms. The van der Waals surface area contributed by atoms with Crippen LogP contribution in [0.15, 0.2) is 36.7 Å². The topological polar surface area (TPSA) is 61.0 Å². The Morgan fingerprint density at radius 2 is 2.05 bits per heavy atom. The Morgan fingerprint density at radius 1 is 1.23 bits per heavy atom. The van der Waals surface area contributed by atoms with Crippen LogP contribution in [-0.2, 0) is 19.3 Å². The van der Waals surface area contributed by atoms with Gasteiger partial charge in [-0.2, -0.15) is 0 Å². The van der Waals surface area contributed by atoms with Crippen LogP contribution in [0.4, 0.5) is 4.79 Å². The van der Waals surface area contributed by atoms with Crippen LogP contribution in [-0.4, -0.2) is 40.5 Å². The van der Waals surface area contributed by atoms with E-state index in [4.69, 9.17) is 0 Å². The van der Waals surface area contributed by atoms with Gasteiger partial charge in [0.25, 0.3) is 0 Å². The average Bonchev–Trinajstić information content (AvgIpc) is 2.91. The molecule has 1 aliphatic rings. The summed E-state index contributed by atoms with van der Waals surface area (Å²) >= 11 is 0. The van der Waals surface area contributed by atoms with Gasteiger partial charge in [-0.3, -0.25) is 0 Å². The highest BCUT2D eigenvalue weighted by Gasteiger charge is 2.19. The number of benzene rings is 1. The summed E-state index contributed by atoms with van der Waals surface area (Å²) in [5, 5.41) is 3.03. The zero-order valence-corrected chi connectivity index (χ0v) is 12.7. The van der Waals surface area contributed by atoms with Crippen LogP contribution in [0.25, 0.3) is 0 Å². The van der Waals surface area contributed by atoms with Gasteiger partial charge in [0, 0.05) is 38.2 Å². The number of aryl methyl sites for hydroxylation is 1. The standard InChI is InChI=1S/C17H22N4O/c22-17(18-10-4-7-14-5-2-1-3-6-14)21-11-8-15-16(9-12-21)20-13-19-15/h1-3,5-6,13H,4,7-12H2,(H,18,22)(H,19,20). The predicted molar refractivity (Wildman–Crippen MR) is 85.7 cm³/mol. The first-order valence-corrected chi connectivity index (χ1v) is 7.91. The first kappa shape index (κ1) is 14.6. The number of amides is 2. The molecule has 3 rings (SSSR count). The minimum Gasteiger partial charge on any atom is -0.348 e. The average molecular weight is 298 g/mol. The molecule has 0 fully saturated rings. The van der Waals surface area contributed by atoms with E-state index in [1.165, 1.54) is 11.3 Å². The molecule has 22 heavy (non-hydrogen) atoms. The van der Waals surface area contributed by atoms with E-state index >= 15 is 0 Å². The molecule has 2 heterocycles. The van der Waals surface area contributed by atoms with Crippen molar-refractivity contribution in [3.05, 3.63) is 53.6 Å². The van der Waals surface area contributed by atoms with Gasteiger partial charge in [0.2, 0.25) is 0 Å². The Hall–Kier alpha value is -2.30. The highest BCUT2D eigenvalue weighted by atomic mass is 16.2. The van der Waals surface area contributed by atoms with Gasteiger partial charge in [-0.1, -0.05) is 30.3 Å². The van der Waals surface area contributed by atoms with Crippen molar-refractivity contribution in [2.75, 3.05) is 19.6 Å². The number of imidazole rings is 1. The fourth-order valence-corrected chi connectivity index (χ4v) is 2.83. The molecule has 0 unspecified atom stereocenters. The molecule has 2 N–H and O–H groups in total. The summed E-state index contributed by atoms with van der Waals surface area (Å²) in [4.78, 5) is 21.6. The van der Waals surface area contributed by atoms with Gasteiger partial charge in [0.1, 0.15) is 0 Å². The van der Waals surface area contributed by atoms with Gasteiger partial charge in [-0.25, -0.2) is 9.78 Å². The van der Waals surface area contributed by atoms with E-state index in [-0.39, 0.29) is 6.03 Å². The molecule has 0 bridgehead atoms. The summed E-state index contributed by atoms with van der Waals surface area (Å²) in [6, 6.07) is 10.4. The number of fused-ring (bicyclic) bond motifs is 1. The van der Waals surface area contributed by atoms with Gasteiger partial charge >= 0.3 is 6.03 Å². The SMILES string of the molecule is O=C(NCCCc1ccccc1)N1CCc2nc[nH]c2CC1. The predicted octanol–water partition coefficient (Wildman–Crippen LogP) is 2.15. The molecule has 0 atom stereocenters. The number of aromatic nitrogens is 2. The fraction of sp³-hybridized carbons (Fsp3) is 0.412. The molecule has 5 heteroatoms.